The first-order valence-electron chi connectivity index (χ1n) is 6.15. The van der Waals surface area contributed by atoms with E-state index in [1.807, 2.05) is 0 Å². The average Bonchev–Trinajstić information content (AvgIpc) is 2.45. The van der Waals surface area contributed by atoms with Crippen LogP contribution >= 0.6 is 0 Å². The summed E-state index contributed by atoms with van der Waals surface area (Å²) in [7, 11) is -4.08. The molecule has 0 aromatic heterocycles. The molecule has 23 heavy (non-hydrogen) atoms. The second-order valence-corrected chi connectivity index (χ2v) is 6.04. The van der Waals surface area contributed by atoms with Gasteiger partial charge in [-0.2, -0.15) is 0 Å². The minimum Gasteiger partial charge on any atom is -0.406 e. The Hall–Kier alpha value is -2.66. The lowest BCUT2D eigenvalue weighted by molar-refractivity contribution is -0.274. The number of ether oxygens (including phenoxy) is 1. The number of benzene rings is 2. The Balaban J connectivity index is 2.29. The zero-order valence-electron chi connectivity index (χ0n) is 11.5. The maximum absolute atomic E-state index is 12.2. The van der Waals surface area contributed by atoms with Crippen LogP contribution in [-0.2, 0) is 10.0 Å². The second-order valence-electron chi connectivity index (χ2n) is 4.35. The van der Waals surface area contributed by atoms with Crippen molar-refractivity contribution in [2.45, 2.75) is 11.3 Å². The minimum atomic E-state index is -4.91. The van der Waals surface area contributed by atoms with Crippen molar-refractivity contribution in [1.29, 1.82) is 0 Å². The third-order valence-electron chi connectivity index (χ3n) is 2.63. The van der Waals surface area contributed by atoms with Gasteiger partial charge in [-0.25, -0.2) is 8.42 Å². The van der Waals surface area contributed by atoms with Crippen molar-refractivity contribution < 1.29 is 26.3 Å². The molecule has 0 heterocycles. The standard InChI is InChI=1S/C15H10F3NO3S/c1-2-11-5-3-6-12(9-11)19-23(20,21)14-8-4-7-13(10-14)22-15(16,17)18/h1,3-10,19H. The Bertz CT molecular complexity index is 855. The fourth-order valence-electron chi connectivity index (χ4n) is 1.73. The molecule has 2 aromatic rings. The highest BCUT2D eigenvalue weighted by Gasteiger charge is 2.31. The van der Waals surface area contributed by atoms with Gasteiger partial charge in [-0.3, -0.25) is 4.72 Å². The zero-order chi connectivity index (χ0) is 17.1. The Morgan fingerprint density at radius 3 is 2.43 bits per heavy atom. The maximum atomic E-state index is 12.2. The predicted octanol–water partition coefficient (Wildman–Crippen LogP) is 3.37. The average molecular weight is 341 g/mol. The van der Waals surface area contributed by atoms with E-state index in [9.17, 15) is 21.6 Å². The van der Waals surface area contributed by atoms with Crippen molar-refractivity contribution in [3.05, 3.63) is 54.1 Å². The van der Waals surface area contributed by atoms with Crippen LogP contribution in [0.3, 0.4) is 0 Å². The highest BCUT2D eigenvalue weighted by Crippen LogP contribution is 2.26. The van der Waals surface area contributed by atoms with Crippen molar-refractivity contribution in [1.82, 2.24) is 0 Å². The number of nitrogens with one attached hydrogen (secondary N) is 1. The van der Waals surface area contributed by atoms with E-state index in [4.69, 9.17) is 6.42 Å². The van der Waals surface area contributed by atoms with E-state index in [-0.39, 0.29) is 10.6 Å². The Morgan fingerprint density at radius 1 is 1.09 bits per heavy atom. The molecule has 0 radical (unpaired) electrons. The van der Waals surface area contributed by atoms with Crippen molar-refractivity contribution >= 4 is 15.7 Å². The van der Waals surface area contributed by atoms with E-state index in [1.165, 1.54) is 12.1 Å². The number of terminal acetylenes is 1. The van der Waals surface area contributed by atoms with Gasteiger partial charge in [0, 0.05) is 11.6 Å². The first-order chi connectivity index (χ1) is 10.7. The van der Waals surface area contributed by atoms with Crippen molar-refractivity contribution in [2.75, 3.05) is 4.72 Å². The van der Waals surface area contributed by atoms with Crippen molar-refractivity contribution in [3.63, 3.8) is 0 Å². The molecule has 120 valence electrons. The van der Waals surface area contributed by atoms with E-state index < -0.39 is 22.1 Å². The summed E-state index contributed by atoms with van der Waals surface area (Å²) in [6.07, 6.45) is 0.316. The van der Waals surface area contributed by atoms with Gasteiger partial charge in [-0.05, 0) is 30.3 Å². The Kier molecular flexibility index (Phi) is 4.52. The fourth-order valence-corrected chi connectivity index (χ4v) is 2.81. The van der Waals surface area contributed by atoms with Gasteiger partial charge in [0.2, 0.25) is 0 Å². The summed E-state index contributed by atoms with van der Waals surface area (Å²) in [4.78, 5) is -0.370. The number of hydrogen-bond donors (Lipinski definition) is 1. The molecule has 0 aliphatic heterocycles. The van der Waals surface area contributed by atoms with Gasteiger partial charge in [0.25, 0.3) is 10.0 Å². The fraction of sp³-hybridized carbons (Fsp3) is 0.0667. The summed E-state index contributed by atoms with van der Waals surface area (Å²) in [5.41, 5.74) is 0.655. The van der Waals surface area contributed by atoms with Crippen LogP contribution in [0.25, 0.3) is 0 Å². The van der Waals surface area contributed by atoms with Crippen molar-refractivity contribution in [3.8, 4) is 18.1 Å². The number of sulfonamides is 1. The molecule has 1 N–H and O–H groups in total. The molecule has 2 aromatic carbocycles. The number of alkyl halides is 3. The first kappa shape index (κ1) is 16.7. The third-order valence-corrected chi connectivity index (χ3v) is 4.01. The summed E-state index contributed by atoms with van der Waals surface area (Å²) in [6, 6.07) is 10.1. The molecule has 0 aliphatic carbocycles. The van der Waals surface area contributed by atoms with Crippen LogP contribution in [0.15, 0.2) is 53.4 Å². The van der Waals surface area contributed by atoms with Crippen LogP contribution < -0.4 is 9.46 Å². The number of hydrogen-bond acceptors (Lipinski definition) is 3. The molecule has 0 amide bonds. The van der Waals surface area contributed by atoms with Gasteiger partial charge in [-0.15, -0.1) is 19.6 Å². The number of anilines is 1. The van der Waals surface area contributed by atoms with Gasteiger partial charge in [0.1, 0.15) is 5.75 Å². The van der Waals surface area contributed by atoms with Crippen LogP contribution in [0, 0.1) is 12.3 Å². The molecule has 0 saturated heterocycles. The molecular weight excluding hydrogens is 331 g/mol. The predicted molar refractivity (Wildman–Crippen MR) is 78.3 cm³/mol. The summed E-state index contributed by atoms with van der Waals surface area (Å²) in [5, 5.41) is 0. The lowest BCUT2D eigenvalue weighted by atomic mass is 10.2. The molecule has 2 rings (SSSR count). The second kappa shape index (κ2) is 6.22. The maximum Gasteiger partial charge on any atom is 0.573 e. The normalized spacial score (nSPS) is 11.6. The summed E-state index contributed by atoms with van der Waals surface area (Å²) in [5.74, 6) is 1.72. The summed E-state index contributed by atoms with van der Waals surface area (Å²) < 4.78 is 67.0. The van der Waals surface area contributed by atoms with Gasteiger partial charge in [-0.1, -0.05) is 18.1 Å². The lowest BCUT2D eigenvalue weighted by Crippen LogP contribution is -2.18. The molecular formula is C15H10F3NO3S. The Morgan fingerprint density at radius 2 is 1.78 bits per heavy atom. The number of halogens is 3. The SMILES string of the molecule is C#Cc1cccc(NS(=O)(=O)c2cccc(OC(F)(F)F)c2)c1. The van der Waals surface area contributed by atoms with Crippen LogP contribution in [-0.4, -0.2) is 14.8 Å². The van der Waals surface area contributed by atoms with E-state index in [0.717, 1.165) is 24.3 Å². The summed E-state index contributed by atoms with van der Waals surface area (Å²) in [6.45, 7) is 0. The number of rotatable bonds is 4. The topological polar surface area (TPSA) is 55.4 Å². The molecule has 0 bridgehead atoms. The largest absolute Gasteiger partial charge is 0.573 e. The van der Waals surface area contributed by atoms with Crippen LogP contribution in [0.5, 0.6) is 5.75 Å². The molecule has 0 unspecified atom stereocenters. The highest BCUT2D eigenvalue weighted by atomic mass is 32.2. The molecule has 0 spiro atoms. The molecule has 0 aliphatic rings. The van der Waals surface area contributed by atoms with E-state index in [1.54, 1.807) is 12.1 Å². The third kappa shape index (κ3) is 4.66. The van der Waals surface area contributed by atoms with Crippen LogP contribution in [0.1, 0.15) is 5.56 Å². The molecule has 4 nitrogen and oxygen atoms in total. The minimum absolute atomic E-state index is 0.197. The highest BCUT2D eigenvalue weighted by molar-refractivity contribution is 7.92. The van der Waals surface area contributed by atoms with E-state index in [0.29, 0.717) is 5.56 Å². The van der Waals surface area contributed by atoms with Gasteiger partial charge in [0.15, 0.2) is 0 Å². The van der Waals surface area contributed by atoms with Crippen molar-refractivity contribution in [2.24, 2.45) is 0 Å². The Labute approximate surface area is 131 Å². The molecule has 0 atom stereocenters. The smallest absolute Gasteiger partial charge is 0.406 e. The zero-order valence-corrected chi connectivity index (χ0v) is 12.3. The quantitative estimate of drug-likeness (QED) is 0.868. The van der Waals surface area contributed by atoms with Gasteiger partial charge in [0.05, 0.1) is 10.6 Å². The van der Waals surface area contributed by atoms with Gasteiger partial charge < -0.3 is 4.74 Å². The first-order valence-corrected chi connectivity index (χ1v) is 7.63. The van der Waals surface area contributed by atoms with E-state index in [2.05, 4.69) is 15.4 Å². The molecule has 8 heteroatoms. The molecule has 0 fully saturated rings. The van der Waals surface area contributed by atoms with Gasteiger partial charge >= 0.3 is 6.36 Å². The van der Waals surface area contributed by atoms with Crippen LogP contribution in [0.2, 0.25) is 0 Å². The van der Waals surface area contributed by atoms with E-state index >= 15 is 0 Å². The lowest BCUT2D eigenvalue weighted by Gasteiger charge is -2.11. The molecule has 0 saturated carbocycles. The monoisotopic (exact) mass is 341 g/mol. The van der Waals surface area contributed by atoms with Crippen LogP contribution in [0.4, 0.5) is 18.9 Å². The summed E-state index contributed by atoms with van der Waals surface area (Å²) >= 11 is 0.